The van der Waals surface area contributed by atoms with Crippen molar-refractivity contribution >= 4 is 23.2 Å². The first-order valence-electron chi connectivity index (χ1n) is 13.8. The van der Waals surface area contributed by atoms with Crippen LogP contribution in [-0.2, 0) is 16.0 Å². The van der Waals surface area contributed by atoms with Crippen molar-refractivity contribution in [2.24, 2.45) is 0 Å². The molecular weight excluding hydrogens is 500 g/mol. The van der Waals surface area contributed by atoms with Crippen LogP contribution in [0.1, 0.15) is 64.9 Å². The highest BCUT2D eigenvalue weighted by molar-refractivity contribution is 7.10. The molecule has 1 aliphatic heterocycles. The summed E-state index contributed by atoms with van der Waals surface area (Å²) in [7, 11) is 0. The first kappa shape index (κ1) is 26.9. The summed E-state index contributed by atoms with van der Waals surface area (Å²) >= 11 is 1.77. The molecule has 0 spiro atoms. The van der Waals surface area contributed by atoms with Gasteiger partial charge < -0.3 is 9.80 Å². The Morgan fingerprint density at radius 3 is 2.13 bits per heavy atom. The predicted molar refractivity (Wildman–Crippen MR) is 159 cm³/mol. The molecule has 3 aromatic carbocycles. The van der Waals surface area contributed by atoms with E-state index in [1.165, 1.54) is 16.0 Å². The van der Waals surface area contributed by atoms with Gasteiger partial charge in [-0.05, 0) is 66.0 Å². The van der Waals surface area contributed by atoms with Gasteiger partial charge in [0.2, 0.25) is 11.8 Å². The molecule has 2 atom stereocenters. The van der Waals surface area contributed by atoms with Crippen LogP contribution >= 0.6 is 11.3 Å². The Labute approximate surface area is 235 Å². The lowest BCUT2D eigenvalue weighted by molar-refractivity contribution is -0.143. The molecule has 39 heavy (non-hydrogen) atoms. The van der Waals surface area contributed by atoms with E-state index in [9.17, 15) is 9.59 Å². The van der Waals surface area contributed by atoms with Crippen LogP contribution in [0, 0.1) is 6.92 Å². The molecule has 0 radical (unpaired) electrons. The van der Waals surface area contributed by atoms with E-state index < -0.39 is 5.92 Å². The molecule has 5 rings (SSSR count). The number of thiophene rings is 1. The number of carbonyl (C=O) groups excluding carboxylic acids is 2. The molecule has 200 valence electrons. The van der Waals surface area contributed by atoms with Crippen LogP contribution in [0.25, 0.3) is 0 Å². The summed E-state index contributed by atoms with van der Waals surface area (Å²) in [5.41, 5.74) is 5.41. The molecule has 0 saturated heterocycles. The Hall–Kier alpha value is -3.70. The molecule has 0 unspecified atom stereocenters. The topological polar surface area (TPSA) is 40.6 Å². The minimum absolute atomic E-state index is 0.00590. The van der Waals surface area contributed by atoms with Gasteiger partial charge in [-0.25, -0.2) is 0 Å². The zero-order chi connectivity index (χ0) is 27.4. The van der Waals surface area contributed by atoms with Gasteiger partial charge in [-0.3, -0.25) is 9.59 Å². The smallest absolute Gasteiger partial charge is 0.243 e. The fourth-order valence-corrected chi connectivity index (χ4v) is 6.56. The van der Waals surface area contributed by atoms with E-state index in [2.05, 4.69) is 37.4 Å². The summed E-state index contributed by atoms with van der Waals surface area (Å²) in [5, 5.41) is 2.13. The molecular formula is C34H36N2O2S. The van der Waals surface area contributed by atoms with Crippen molar-refractivity contribution in [1.29, 1.82) is 0 Å². The van der Waals surface area contributed by atoms with Crippen LogP contribution in [0.15, 0.2) is 96.4 Å². The third kappa shape index (κ3) is 5.55. The highest BCUT2D eigenvalue weighted by Crippen LogP contribution is 2.39. The lowest BCUT2D eigenvalue weighted by atomic mass is 9.89. The molecule has 0 saturated carbocycles. The number of hydrogen-bond donors (Lipinski definition) is 0. The molecule has 0 aliphatic carbocycles. The maximum absolute atomic E-state index is 14.4. The van der Waals surface area contributed by atoms with E-state index >= 15 is 0 Å². The van der Waals surface area contributed by atoms with E-state index in [-0.39, 0.29) is 30.4 Å². The second-order valence-corrected chi connectivity index (χ2v) is 11.4. The SMILES string of the molecule is CC[C@@H](C)N(CC(=O)N1CCc2sccc2[C@@H]1c1ccccc1C)C(=O)C(c1ccccc1)c1ccccc1. The minimum Gasteiger partial charge on any atom is -0.330 e. The largest absolute Gasteiger partial charge is 0.330 e. The summed E-state index contributed by atoms with van der Waals surface area (Å²) in [5.74, 6) is -0.504. The fourth-order valence-electron chi connectivity index (χ4n) is 5.66. The average molecular weight is 537 g/mol. The van der Waals surface area contributed by atoms with Crippen molar-refractivity contribution in [1.82, 2.24) is 9.80 Å². The van der Waals surface area contributed by atoms with Gasteiger partial charge in [-0.1, -0.05) is 91.9 Å². The molecule has 5 heteroatoms. The molecule has 2 heterocycles. The van der Waals surface area contributed by atoms with Gasteiger partial charge in [0.05, 0.1) is 12.0 Å². The Bertz CT molecular complexity index is 1380. The van der Waals surface area contributed by atoms with E-state index in [0.29, 0.717) is 6.54 Å². The molecule has 0 fully saturated rings. The van der Waals surface area contributed by atoms with Crippen molar-refractivity contribution in [3.05, 3.63) is 129 Å². The molecule has 4 aromatic rings. The monoisotopic (exact) mass is 536 g/mol. The summed E-state index contributed by atoms with van der Waals surface area (Å²) < 4.78 is 0. The first-order chi connectivity index (χ1) is 19.0. The number of fused-ring (bicyclic) bond motifs is 1. The van der Waals surface area contributed by atoms with E-state index in [4.69, 9.17) is 0 Å². The average Bonchev–Trinajstić information content (AvgIpc) is 3.46. The van der Waals surface area contributed by atoms with Crippen LogP contribution in [0.2, 0.25) is 0 Å². The molecule has 1 aliphatic rings. The van der Waals surface area contributed by atoms with Crippen molar-refractivity contribution < 1.29 is 9.59 Å². The van der Waals surface area contributed by atoms with E-state index in [1.807, 2.05) is 89.5 Å². The Kier molecular flexibility index (Phi) is 8.27. The fraction of sp³-hybridized carbons (Fsp3) is 0.294. The molecule has 1 aromatic heterocycles. The van der Waals surface area contributed by atoms with Gasteiger partial charge in [0, 0.05) is 17.5 Å². The van der Waals surface area contributed by atoms with Crippen LogP contribution in [0.5, 0.6) is 0 Å². The highest BCUT2D eigenvalue weighted by Gasteiger charge is 2.37. The molecule has 0 N–H and O–H groups in total. The number of benzene rings is 3. The Morgan fingerprint density at radius 2 is 1.51 bits per heavy atom. The Balaban J connectivity index is 1.49. The second-order valence-electron chi connectivity index (χ2n) is 10.4. The highest BCUT2D eigenvalue weighted by atomic mass is 32.1. The van der Waals surface area contributed by atoms with Crippen molar-refractivity contribution in [2.75, 3.05) is 13.1 Å². The van der Waals surface area contributed by atoms with E-state index in [1.54, 1.807) is 11.3 Å². The summed E-state index contributed by atoms with van der Waals surface area (Å²) in [6, 6.07) is 30.1. The zero-order valence-electron chi connectivity index (χ0n) is 22.9. The maximum atomic E-state index is 14.4. The normalized spacial score (nSPS) is 15.6. The van der Waals surface area contributed by atoms with Crippen molar-refractivity contribution in [3.8, 4) is 0 Å². The van der Waals surface area contributed by atoms with E-state index in [0.717, 1.165) is 29.5 Å². The lowest BCUT2D eigenvalue weighted by Gasteiger charge is -2.39. The van der Waals surface area contributed by atoms with Gasteiger partial charge in [-0.2, -0.15) is 0 Å². The third-order valence-electron chi connectivity index (χ3n) is 7.99. The van der Waals surface area contributed by atoms with Crippen LogP contribution < -0.4 is 0 Å². The first-order valence-corrected chi connectivity index (χ1v) is 14.7. The number of hydrogen-bond acceptors (Lipinski definition) is 3. The van der Waals surface area contributed by atoms with Crippen molar-refractivity contribution in [2.45, 2.75) is 51.6 Å². The Morgan fingerprint density at radius 1 is 0.897 bits per heavy atom. The van der Waals surface area contributed by atoms with Gasteiger partial charge >= 0.3 is 0 Å². The summed E-state index contributed by atoms with van der Waals surface area (Å²) in [6.07, 6.45) is 1.61. The molecule has 2 amide bonds. The summed E-state index contributed by atoms with van der Waals surface area (Å²) in [4.78, 5) is 33.7. The summed E-state index contributed by atoms with van der Waals surface area (Å²) in [6.45, 7) is 6.94. The number of aryl methyl sites for hydroxylation is 1. The standard InChI is InChI=1S/C34H36N2O2S/c1-4-25(3)36(34(38)32(26-14-7-5-8-15-26)27-16-9-6-10-17-27)23-31(37)35-21-19-30-29(20-22-39-30)33(35)28-18-12-11-13-24(28)2/h5-18,20,22,25,32-33H,4,19,21,23H2,1-3H3/t25-,33+/m1/s1. The van der Waals surface area contributed by atoms with Crippen molar-refractivity contribution in [3.63, 3.8) is 0 Å². The maximum Gasteiger partial charge on any atom is 0.243 e. The number of nitrogens with zero attached hydrogens (tertiary/aromatic N) is 2. The zero-order valence-corrected chi connectivity index (χ0v) is 23.7. The minimum atomic E-state index is -0.466. The number of amides is 2. The molecule has 0 bridgehead atoms. The quantitative estimate of drug-likeness (QED) is 0.244. The van der Waals surface area contributed by atoms with Gasteiger partial charge in [0.25, 0.3) is 0 Å². The van der Waals surface area contributed by atoms with Crippen LogP contribution in [0.3, 0.4) is 0 Å². The third-order valence-corrected chi connectivity index (χ3v) is 8.99. The van der Waals surface area contributed by atoms with Gasteiger partial charge in [0.15, 0.2) is 0 Å². The molecule has 4 nitrogen and oxygen atoms in total. The number of carbonyl (C=O) groups is 2. The second kappa shape index (κ2) is 12.0. The van der Waals surface area contributed by atoms with Crippen LogP contribution in [-0.4, -0.2) is 40.7 Å². The van der Waals surface area contributed by atoms with Crippen LogP contribution in [0.4, 0.5) is 0 Å². The number of rotatable bonds is 8. The van der Waals surface area contributed by atoms with Gasteiger partial charge in [-0.15, -0.1) is 11.3 Å². The lowest BCUT2D eigenvalue weighted by Crippen LogP contribution is -2.50. The van der Waals surface area contributed by atoms with Gasteiger partial charge in [0.1, 0.15) is 6.54 Å². The predicted octanol–water partition coefficient (Wildman–Crippen LogP) is 6.99.